The number of amides is 1. The lowest BCUT2D eigenvalue weighted by molar-refractivity contribution is -0.123. The molecule has 0 aliphatic carbocycles. The Morgan fingerprint density at radius 1 is 1.33 bits per heavy atom. The summed E-state index contributed by atoms with van der Waals surface area (Å²) in [5.74, 6) is 1.73. The first-order chi connectivity index (χ1) is 9.92. The second-order valence-corrected chi connectivity index (χ2v) is 5.64. The summed E-state index contributed by atoms with van der Waals surface area (Å²) in [6, 6.07) is 5.53. The van der Waals surface area contributed by atoms with Crippen molar-refractivity contribution in [2.24, 2.45) is 11.7 Å². The van der Waals surface area contributed by atoms with Gasteiger partial charge in [0.25, 0.3) is 5.91 Å². The Kier molecular flexibility index (Phi) is 7.02. The molecule has 5 nitrogen and oxygen atoms in total. The van der Waals surface area contributed by atoms with Crippen LogP contribution in [-0.2, 0) is 11.2 Å². The zero-order valence-corrected chi connectivity index (χ0v) is 13.3. The summed E-state index contributed by atoms with van der Waals surface area (Å²) < 4.78 is 10.8. The van der Waals surface area contributed by atoms with Crippen molar-refractivity contribution in [1.29, 1.82) is 0 Å². The Morgan fingerprint density at radius 2 is 2.05 bits per heavy atom. The Balaban J connectivity index is 2.66. The molecule has 0 aliphatic heterocycles. The van der Waals surface area contributed by atoms with E-state index in [1.807, 2.05) is 39.0 Å². The minimum absolute atomic E-state index is 0.00496. The monoisotopic (exact) mass is 294 g/mol. The fourth-order valence-electron chi connectivity index (χ4n) is 1.84. The molecule has 1 amide bonds. The number of nitrogens with one attached hydrogen (secondary N) is 1. The van der Waals surface area contributed by atoms with Gasteiger partial charge in [-0.1, -0.05) is 13.8 Å². The summed E-state index contributed by atoms with van der Waals surface area (Å²) in [5.41, 5.74) is 6.79. The Morgan fingerprint density at radius 3 is 2.62 bits per heavy atom. The third kappa shape index (κ3) is 6.49. The summed E-state index contributed by atoms with van der Waals surface area (Å²) in [6.07, 6.45) is 0.667. The zero-order chi connectivity index (χ0) is 15.8. The summed E-state index contributed by atoms with van der Waals surface area (Å²) in [7, 11) is 1.62. The van der Waals surface area contributed by atoms with Crippen molar-refractivity contribution in [3.63, 3.8) is 0 Å². The van der Waals surface area contributed by atoms with Gasteiger partial charge in [-0.25, -0.2) is 0 Å². The number of ether oxygens (including phenoxy) is 2. The summed E-state index contributed by atoms with van der Waals surface area (Å²) in [5, 5.41) is 2.82. The second-order valence-electron chi connectivity index (χ2n) is 5.64. The zero-order valence-electron chi connectivity index (χ0n) is 13.3. The van der Waals surface area contributed by atoms with Gasteiger partial charge in [-0.05, 0) is 43.0 Å². The van der Waals surface area contributed by atoms with Crippen LogP contribution in [0.4, 0.5) is 0 Å². The maximum absolute atomic E-state index is 11.7. The average Bonchev–Trinajstić information content (AvgIpc) is 2.42. The molecule has 0 heterocycles. The van der Waals surface area contributed by atoms with Crippen molar-refractivity contribution in [2.45, 2.75) is 33.2 Å². The van der Waals surface area contributed by atoms with Gasteiger partial charge >= 0.3 is 0 Å². The van der Waals surface area contributed by atoms with Crippen molar-refractivity contribution in [2.75, 3.05) is 20.3 Å². The van der Waals surface area contributed by atoms with Crippen molar-refractivity contribution in [1.82, 2.24) is 5.32 Å². The fourth-order valence-corrected chi connectivity index (χ4v) is 1.84. The predicted molar refractivity (Wildman–Crippen MR) is 83.7 cm³/mol. The third-order valence-corrected chi connectivity index (χ3v) is 2.88. The van der Waals surface area contributed by atoms with Crippen LogP contribution < -0.4 is 20.5 Å². The third-order valence-electron chi connectivity index (χ3n) is 2.88. The van der Waals surface area contributed by atoms with Crippen LogP contribution in [0.15, 0.2) is 18.2 Å². The molecule has 0 bridgehead atoms. The van der Waals surface area contributed by atoms with E-state index in [0.717, 1.165) is 11.3 Å². The van der Waals surface area contributed by atoms with Crippen LogP contribution in [0.25, 0.3) is 0 Å². The predicted octanol–water partition coefficient (Wildman–Crippen LogP) is 1.74. The van der Waals surface area contributed by atoms with E-state index in [4.69, 9.17) is 15.2 Å². The number of nitrogens with two attached hydrogens (primary N) is 1. The molecule has 1 aromatic carbocycles. The van der Waals surface area contributed by atoms with Crippen LogP contribution in [-0.4, -0.2) is 32.2 Å². The van der Waals surface area contributed by atoms with Gasteiger partial charge in [0.1, 0.15) is 11.5 Å². The lowest BCUT2D eigenvalue weighted by Gasteiger charge is -2.14. The molecular formula is C16H26N2O3. The number of carbonyl (C=O) groups excluding carboxylic acids is 1. The molecule has 0 radical (unpaired) electrons. The highest BCUT2D eigenvalue weighted by Crippen LogP contribution is 2.25. The maximum Gasteiger partial charge on any atom is 0.257 e. The molecule has 118 valence electrons. The number of hydrogen-bond acceptors (Lipinski definition) is 4. The molecule has 0 aromatic heterocycles. The van der Waals surface area contributed by atoms with Crippen LogP contribution in [0.2, 0.25) is 0 Å². The van der Waals surface area contributed by atoms with Crippen LogP contribution in [0.3, 0.4) is 0 Å². The highest BCUT2D eigenvalue weighted by molar-refractivity contribution is 5.77. The first-order valence-corrected chi connectivity index (χ1v) is 7.24. The highest BCUT2D eigenvalue weighted by Gasteiger charge is 2.10. The minimum Gasteiger partial charge on any atom is -0.497 e. The Bertz CT molecular complexity index is 459. The van der Waals surface area contributed by atoms with Crippen molar-refractivity contribution >= 4 is 5.91 Å². The SMILES string of the molecule is COc1ccc(OCC(=O)NCC(C)C)c(CC(C)N)c1. The molecule has 0 spiro atoms. The molecule has 0 aliphatic rings. The molecule has 0 saturated heterocycles. The van der Waals surface area contributed by atoms with E-state index < -0.39 is 0 Å². The van der Waals surface area contributed by atoms with Crippen molar-refractivity contribution < 1.29 is 14.3 Å². The van der Waals surface area contributed by atoms with E-state index in [1.54, 1.807) is 7.11 Å². The van der Waals surface area contributed by atoms with Gasteiger partial charge in [0, 0.05) is 12.6 Å². The van der Waals surface area contributed by atoms with Gasteiger partial charge < -0.3 is 20.5 Å². The Labute approximate surface area is 126 Å². The molecule has 5 heteroatoms. The van der Waals surface area contributed by atoms with Crippen molar-refractivity contribution in [3.8, 4) is 11.5 Å². The number of rotatable bonds is 8. The molecule has 1 atom stereocenters. The molecule has 1 rings (SSSR count). The normalized spacial score (nSPS) is 12.1. The van der Waals surface area contributed by atoms with Crippen LogP contribution in [0.1, 0.15) is 26.3 Å². The first-order valence-electron chi connectivity index (χ1n) is 7.24. The number of benzene rings is 1. The van der Waals surface area contributed by atoms with Gasteiger partial charge in [-0.15, -0.1) is 0 Å². The van der Waals surface area contributed by atoms with E-state index >= 15 is 0 Å². The molecular weight excluding hydrogens is 268 g/mol. The molecule has 21 heavy (non-hydrogen) atoms. The number of methoxy groups -OCH3 is 1. The van der Waals surface area contributed by atoms with Gasteiger partial charge in [-0.2, -0.15) is 0 Å². The standard InChI is InChI=1S/C16H26N2O3/c1-11(2)9-18-16(19)10-21-15-6-5-14(20-4)8-13(15)7-12(3)17/h5-6,8,11-12H,7,9-10,17H2,1-4H3,(H,18,19). The van der Waals surface area contributed by atoms with E-state index in [0.29, 0.717) is 24.6 Å². The molecule has 1 aromatic rings. The largest absolute Gasteiger partial charge is 0.497 e. The lowest BCUT2D eigenvalue weighted by Crippen LogP contribution is -2.32. The molecule has 0 fully saturated rings. The second kappa shape index (κ2) is 8.52. The Hall–Kier alpha value is -1.75. The summed E-state index contributed by atoms with van der Waals surface area (Å²) in [6.45, 7) is 6.68. The van der Waals surface area contributed by atoms with Crippen molar-refractivity contribution in [3.05, 3.63) is 23.8 Å². The van der Waals surface area contributed by atoms with E-state index in [9.17, 15) is 4.79 Å². The van der Waals surface area contributed by atoms with Gasteiger partial charge in [0.2, 0.25) is 0 Å². The first kappa shape index (κ1) is 17.3. The fraction of sp³-hybridized carbons (Fsp3) is 0.562. The van der Waals surface area contributed by atoms with E-state index in [-0.39, 0.29) is 18.6 Å². The number of hydrogen-bond donors (Lipinski definition) is 2. The number of carbonyl (C=O) groups is 1. The smallest absolute Gasteiger partial charge is 0.257 e. The average molecular weight is 294 g/mol. The van der Waals surface area contributed by atoms with E-state index in [2.05, 4.69) is 5.32 Å². The summed E-state index contributed by atoms with van der Waals surface area (Å²) in [4.78, 5) is 11.7. The molecule has 3 N–H and O–H groups in total. The van der Waals surface area contributed by atoms with Crippen LogP contribution in [0, 0.1) is 5.92 Å². The van der Waals surface area contributed by atoms with Crippen LogP contribution in [0.5, 0.6) is 11.5 Å². The van der Waals surface area contributed by atoms with Gasteiger partial charge in [0.15, 0.2) is 6.61 Å². The van der Waals surface area contributed by atoms with Gasteiger partial charge in [0.05, 0.1) is 7.11 Å². The summed E-state index contributed by atoms with van der Waals surface area (Å²) >= 11 is 0. The van der Waals surface area contributed by atoms with Crippen LogP contribution >= 0.6 is 0 Å². The van der Waals surface area contributed by atoms with E-state index in [1.165, 1.54) is 0 Å². The molecule has 0 saturated carbocycles. The van der Waals surface area contributed by atoms with Gasteiger partial charge in [-0.3, -0.25) is 4.79 Å². The lowest BCUT2D eigenvalue weighted by atomic mass is 10.1. The highest BCUT2D eigenvalue weighted by atomic mass is 16.5. The quantitative estimate of drug-likeness (QED) is 0.766. The molecule has 1 unspecified atom stereocenters. The minimum atomic E-state index is -0.119. The topological polar surface area (TPSA) is 73.6 Å². The maximum atomic E-state index is 11.7.